The number of aromatic nitrogens is 1. The predicted octanol–water partition coefficient (Wildman–Crippen LogP) is 3.92. The molecule has 0 aliphatic carbocycles. The molecule has 0 unspecified atom stereocenters. The maximum absolute atomic E-state index is 12.4. The van der Waals surface area contributed by atoms with Crippen molar-refractivity contribution in [3.63, 3.8) is 0 Å². The zero-order valence-electron chi connectivity index (χ0n) is 15.3. The van der Waals surface area contributed by atoms with Crippen molar-refractivity contribution in [2.24, 2.45) is 0 Å². The van der Waals surface area contributed by atoms with Gasteiger partial charge in [-0.3, -0.25) is 4.79 Å². The van der Waals surface area contributed by atoms with Crippen LogP contribution >= 0.6 is 23.1 Å². The van der Waals surface area contributed by atoms with Gasteiger partial charge in [-0.25, -0.2) is 4.79 Å². The lowest BCUT2D eigenvalue weighted by atomic mass is 10.1. The standard InChI is InChI=1S/C20H20N2O4S2/c1-14-18(19(22-26-14)15-6-3-2-4-7-15)20(24)25-12-17(23)21-9-11-27-13-16-8-5-10-28-16/h2-8,10H,9,11-13H2,1H3,(H,21,23). The van der Waals surface area contributed by atoms with Crippen LogP contribution < -0.4 is 5.32 Å². The number of carbonyl (C=O) groups is 2. The number of hydrogen-bond donors (Lipinski definition) is 1. The lowest BCUT2D eigenvalue weighted by Gasteiger charge is -2.07. The zero-order valence-corrected chi connectivity index (χ0v) is 17.0. The van der Waals surface area contributed by atoms with Crippen molar-refractivity contribution in [3.05, 3.63) is 64.0 Å². The third-order valence-electron chi connectivity index (χ3n) is 3.84. The van der Waals surface area contributed by atoms with Crippen LogP contribution in [0.5, 0.6) is 0 Å². The SMILES string of the molecule is Cc1onc(-c2ccccc2)c1C(=O)OCC(=O)NCCSCc1cccs1. The van der Waals surface area contributed by atoms with Crippen molar-refractivity contribution < 1.29 is 18.8 Å². The van der Waals surface area contributed by atoms with E-state index in [0.29, 0.717) is 18.0 Å². The Labute approximate surface area is 171 Å². The lowest BCUT2D eigenvalue weighted by Crippen LogP contribution is -2.30. The van der Waals surface area contributed by atoms with E-state index in [1.807, 2.05) is 41.8 Å². The van der Waals surface area contributed by atoms with E-state index in [1.54, 1.807) is 30.0 Å². The molecule has 2 aromatic heterocycles. The number of hydrogen-bond acceptors (Lipinski definition) is 7. The Kier molecular flexibility index (Phi) is 7.27. The first-order valence-electron chi connectivity index (χ1n) is 8.71. The summed E-state index contributed by atoms with van der Waals surface area (Å²) in [4.78, 5) is 25.7. The molecule has 1 aromatic carbocycles. The first kappa shape index (κ1) is 20.2. The third-order valence-corrected chi connectivity index (χ3v) is 5.91. The highest BCUT2D eigenvalue weighted by Crippen LogP contribution is 2.25. The van der Waals surface area contributed by atoms with Gasteiger partial charge in [-0.05, 0) is 18.4 Å². The number of nitrogens with one attached hydrogen (secondary N) is 1. The van der Waals surface area contributed by atoms with Crippen molar-refractivity contribution >= 4 is 35.0 Å². The largest absolute Gasteiger partial charge is 0.452 e. The molecular formula is C20H20N2O4S2. The minimum Gasteiger partial charge on any atom is -0.452 e. The van der Waals surface area contributed by atoms with Crippen LogP contribution in [0.3, 0.4) is 0 Å². The van der Waals surface area contributed by atoms with Crippen molar-refractivity contribution in [3.8, 4) is 11.3 Å². The van der Waals surface area contributed by atoms with Crippen LogP contribution in [0.4, 0.5) is 0 Å². The van der Waals surface area contributed by atoms with Crippen LogP contribution in [-0.2, 0) is 15.3 Å². The van der Waals surface area contributed by atoms with Gasteiger partial charge in [0.05, 0.1) is 0 Å². The molecule has 0 spiro atoms. The Balaban J connectivity index is 1.44. The van der Waals surface area contributed by atoms with Gasteiger partial charge in [0.2, 0.25) is 0 Å². The summed E-state index contributed by atoms with van der Waals surface area (Å²) in [5.74, 6) is 1.12. The fourth-order valence-electron chi connectivity index (χ4n) is 2.49. The maximum Gasteiger partial charge on any atom is 0.344 e. The van der Waals surface area contributed by atoms with E-state index in [-0.39, 0.29) is 18.1 Å². The molecule has 0 fully saturated rings. The molecule has 28 heavy (non-hydrogen) atoms. The summed E-state index contributed by atoms with van der Waals surface area (Å²) in [5, 5.41) is 8.75. The zero-order chi connectivity index (χ0) is 19.8. The van der Waals surface area contributed by atoms with Gasteiger partial charge in [-0.2, -0.15) is 11.8 Å². The molecule has 6 nitrogen and oxygen atoms in total. The highest BCUT2D eigenvalue weighted by Gasteiger charge is 2.23. The number of thioether (sulfide) groups is 1. The highest BCUT2D eigenvalue weighted by atomic mass is 32.2. The van der Waals surface area contributed by atoms with Gasteiger partial charge in [-0.1, -0.05) is 41.6 Å². The second-order valence-corrected chi connectivity index (χ2v) is 8.02. The first-order valence-corrected chi connectivity index (χ1v) is 10.7. The number of carbonyl (C=O) groups excluding carboxylic acids is 2. The fraction of sp³-hybridized carbons (Fsp3) is 0.250. The van der Waals surface area contributed by atoms with Gasteiger partial charge in [0.1, 0.15) is 17.0 Å². The molecule has 3 aromatic rings. The summed E-state index contributed by atoms with van der Waals surface area (Å²) >= 11 is 3.46. The van der Waals surface area contributed by atoms with E-state index < -0.39 is 5.97 Å². The van der Waals surface area contributed by atoms with Crippen molar-refractivity contribution in [2.75, 3.05) is 18.9 Å². The van der Waals surface area contributed by atoms with Gasteiger partial charge in [0.25, 0.3) is 5.91 Å². The topological polar surface area (TPSA) is 81.4 Å². The summed E-state index contributed by atoms with van der Waals surface area (Å²) in [6, 6.07) is 13.3. The summed E-state index contributed by atoms with van der Waals surface area (Å²) < 4.78 is 10.3. The second-order valence-electron chi connectivity index (χ2n) is 5.89. The predicted molar refractivity (Wildman–Crippen MR) is 110 cm³/mol. The highest BCUT2D eigenvalue weighted by molar-refractivity contribution is 7.98. The van der Waals surface area contributed by atoms with Crippen LogP contribution in [-0.4, -0.2) is 35.9 Å². The molecule has 0 radical (unpaired) electrons. The lowest BCUT2D eigenvalue weighted by molar-refractivity contribution is -0.124. The van der Waals surface area contributed by atoms with Gasteiger partial charge < -0.3 is 14.6 Å². The molecule has 1 amide bonds. The smallest absolute Gasteiger partial charge is 0.344 e. The molecule has 146 valence electrons. The number of benzene rings is 1. The monoisotopic (exact) mass is 416 g/mol. The molecule has 3 rings (SSSR count). The van der Waals surface area contributed by atoms with E-state index in [4.69, 9.17) is 9.26 Å². The number of rotatable bonds is 9. The van der Waals surface area contributed by atoms with Crippen molar-refractivity contribution in [1.82, 2.24) is 10.5 Å². The van der Waals surface area contributed by atoms with Crippen molar-refractivity contribution in [2.45, 2.75) is 12.7 Å². The number of aryl methyl sites for hydroxylation is 1. The molecule has 0 aliphatic rings. The summed E-state index contributed by atoms with van der Waals surface area (Å²) in [7, 11) is 0. The minimum absolute atomic E-state index is 0.241. The Morgan fingerprint density at radius 1 is 1.21 bits per heavy atom. The molecule has 1 N–H and O–H groups in total. The Morgan fingerprint density at radius 3 is 2.79 bits per heavy atom. The van der Waals surface area contributed by atoms with Gasteiger partial charge in [-0.15, -0.1) is 11.3 Å². The number of nitrogens with zero attached hydrogens (tertiary/aromatic N) is 1. The number of amides is 1. The minimum atomic E-state index is -0.625. The Bertz CT molecular complexity index is 908. The number of esters is 1. The van der Waals surface area contributed by atoms with Gasteiger partial charge >= 0.3 is 5.97 Å². The molecule has 0 saturated heterocycles. The second kappa shape index (κ2) is 10.1. The Morgan fingerprint density at radius 2 is 2.04 bits per heavy atom. The summed E-state index contributed by atoms with van der Waals surface area (Å²) in [5.41, 5.74) is 1.40. The van der Waals surface area contributed by atoms with Crippen LogP contribution in [0.15, 0.2) is 52.4 Å². The number of ether oxygens (including phenoxy) is 1. The van der Waals surface area contributed by atoms with Crippen LogP contribution in [0.25, 0.3) is 11.3 Å². The van der Waals surface area contributed by atoms with Gasteiger partial charge in [0, 0.05) is 28.5 Å². The third kappa shape index (κ3) is 5.46. The van der Waals surface area contributed by atoms with E-state index >= 15 is 0 Å². The molecule has 0 atom stereocenters. The van der Waals surface area contributed by atoms with Crippen molar-refractivity contribution in [1.29, 1.82) is 0 Å². The normalized spacial score (nSPS) is 10.6. The molecule has 0 bridgehead atoms. The van der Waals surface area contributed by atoms with Gasteiger partial charge in [0.15, 0.2) is 6.61 Å². The number of thiophene rings is 1. The summed E-state index contributed by atoms with van der Waals surface area (Å²) in [6.07, 6.45) is 0. The Hall–Kier alpha value is -2.58. The molecule has 0 saturated carbocycles. The molecule has 2 heterocycles. The van der Waals surface area contributed by atoms with Crippen LogP contribution in [0.1, 0.15) is 21.0 Å². The molecule has 0 aliphatic heterocycles. The maximum atomic E-state index is 12.4. The van der Waals surface area contributed by atoms with E-state index in [9.17, 15) is 9.59 Å². The first-order chi connectivity index (χ1) is 13.6. The summed E-state index contributed by atoms with van der Waals surface area (Å²) in [6.45, 7) is 1.82. The van der Waals surface area contributed by atoms with E-state index in [1.165, 1.54) is 4.88 Å². The van der Waals surface area contributed by atoms with Crippen LogP contribution in [0, 0.1) is 6.92 Å². The average Bonchev–Trinajstić information content (AvgIpc) is 3.36. The van der Waals surface area contributed by atoms with E-state index in [0.717, 1.165) is 17.1 Å². The molecular weight excluding hydrogens is 396 g/mol. The fourth-order valence-corrected chi connectivity index (χ4v) is 4.19. The molecule has 8 heteroatoms. The van der Waals surface area contributed by atoms with Crippen LogP contribution in [0.2, 0.25) is 0 Å². The average molecular weight is 417 g/mol. The quantitative estimate of drug-likeness (QED) is 0.421. The van der Waals surface area contributed by atoms with E-state index in [2.05, 4.69) is 16.5 Å².